The van der Waals surface area contributed by atoms with Crippen molar-refractivity contribution >= 4 is 17.4 Å². The molecule has 0 fully saturated rings. The molecule has 0 bridgehead atoms. The van der Waals surface area contributed by atoms with E-state index in [1.165, 1.54) is 29.0 Å². The first-order valence-electron chi connectivity index (χ1n) is 10.6. The fraction of sp³-hybridized carbons (Fsp3) is 0.217. The number of halogens is 3. The highest BCUT2D eigenvalue weighted by atomic mass is 35.5. The van der Waals surface area contributed by atoms with Crippen LogP contribution >= 0.6 is 11.6 Å². The molecule has 0 saturated carbocycles. The molecular formula is C23H21ClF2N4O3. The average molecular weight is 477 g/mol. The van der Waals surface area contributed by atoms with Crippen LogP contribution in [0.2, 0.25) is 5.02 Å². The summed E-state index contributed by atoms with van der Waals surface area (Å²) in [6, 6.07) is 3.20. The molecular weight excluding hydrogens is 454 g/mol. The summed E-state index contributed by atoms with van der Waals surface area (Å²) in [6.45, 7) is 0.375. The second kappa shape index (κ2) is 9.91. The summed E-state index contributed by atoms with van der Waals surface area (Å²) in [6.07, 6.45) is 4.99. The van der Waals surface area contributed by atoms with Crippen molar-refractivity contribution in [2.24, 2.45) is 0 Å². The minimum Gasteiger partial charge on any atom is -0.485 e. The van der Waals surface area contributed by atoms with Gasteiger partial charge >= 0.3 is 0 Å². The number of rotatable bonds is 7. The normalized spacial score (nSPS) is 12.5. The molecule has 0 N–H and O–H groups in total. The standard InChI is InChI=1S/C23H21ClF2N4O3/c1-13-10-27-17(20(31)5-6-29(3)4)9-19(13)30-14(2)7-21(22(24)23(30)32)33-12-18-16(26)8-15(25)11-28-18/h5-11H,12H2,1-4H3/b6-5+/i12D2. The number of carbonyl (C=O) groups excluding carboxylic acids is 1. The van der Waals surface area contributed by atoms with Crippen LogP contribution in [0.25, 0.3) is 5.69 Å². The first kappa shape index (κ1) is 21.3. The fourth-order valence-electron chi connectivity index (χ4n) is 2.84. The van der Waals surface area contributed by atoms with Gasteiger partial charge in [-0.3, -0.25) is 24.1 Å². The van der Waals surface area contributed by atoms with Crippen LogP contribution in [0.1, 0.15) is 30.2 Å². The number of hydrogen-bond acceptors (Lipinski definition) is 6. The molecule has 0 aliphatic carbocycles. The monoisotopic (exact) mass is 476 g/mol. The van der Waals surface area contributed by atoms with E-state index >= 15 is 0 Å². The summed E-state index contributed by atoms with van der Waals surface area (Å²) >= 11 is 6.22. The summed E-state index contributed by atoms with van der Waals surface area (Å²) in [7, 11) is 3.52. The van der Waals surface area contributed by atoms with Crippen LogP contribution in [-0.4, -0.2) is 39.3 Å². The first-order chi connectivity index (χ1) is 16.3. The van der Waals surface area contributed by atoms with Gasteiger partial charge in [-0.15, -0.1) is 0 Å². The zero-order chi connectivity index (χ0) is 26.1. The Bertz CT molecular complexity index is 1390. The fourth-order valence-corrected chi connectivity index (χ4v) is 3.02. The second-order valence-electron chi connectivity index (χ2n) is 7.29. The molecule has 33 heavy (non-hydrogen) atoms. The van der Waals surface area contributed by atoms with Gasteiger partial charge < -0.3 is 9.64 Å². The Labute approximate surface area is 196 Å². The maximum atomic E-state index is 14.1. The largest absolute Gasteiger partial charge is 0.485 e. The van der Waals surface area contributed by atoms with Crippen LogP contribution in [-0.2, 0) is 6.56 Å². The van der Waals surface area contributed by atoms with Crippen LogP contribution < -0.4 is 10.3 Å². The number of ether oxygens (including phenoxy) is 1. The van der Waals surface area contributed by atoms with Gasteiger partial charge in [-0.2, -0.15) is 0 Å². The van der Waals surface area contributed by atoms with E-state index in [-0.39, 0.29) is 22.9 Å². The van der Waals surface area contributed by atoms with Crippen LogP contribution in [0, 0.1) is 25.5 Å². The Morgan fingerprint density at radius 1 is 1.24 bits per heavy atom. The predicted molar refractivity (Wildman–Crippen MR) is 120 cm³/mol. The third kappa shape index (κ3) is 5.43. The Morgan fingerprint density at radius 2 is 1.97 bits per heavy atom. The van der Waals surface area contributed by atoms with Gasteiger partial charge in [-0.1, -0.05) is 11.6 Å². The smallest absolute Gasteiger partial charge is 0.277 e. The second-order valence-corrected chi connectivity index (χ2v) is 7.67. The van der Waals surface area contributed by atoms with Crippen molar-refractivity contribution < 1.29 is 21.1 Å². The number of allylic oxidation sites excluding steroid dienone is 1. The highest BCUT2D eigenvalue weighted by Gasteiger charge is 2.18. The van der Waals surface area contributed by atoms with Crippen molar-refractivity contribution in [3.63, 3.8) is 0 Å². The number of aryl methyl sites for hydroxylation is 2. The van der Waals surface area contributed by atoms with Crippen LogP contribution in [0.15, 0.2) is 47.7 Å². The van der Waals surface area contributed by atoms with E-state index in [4.69, 9.17) is 19.1 Å². The minimum absolute atomic E-state index is 0.0978. The molecule has 0 amide bonds. The number of pyridine rings is 3. The molecule has 10 heteroatoms. The maximum absolute atomic E-state index is 14.1. The molecule has 7 nitrogen and oxygen atoms in total. The lowest BCUT2D eigenvalue weighted by Gasteiger charge is -2.16. The van der Waals surface area contributed by atoms with E-state index in [0.717, 1.165) is 0 Å². The third-order valence-corrected chi connectivity index (χ3v) is 4.81. The topological polar surface area (TPSA) is 77.3 Å². The third-order valence-electron chi connectivity index (χ3n) is 4.46. The van der Waals surface area contributed by atoms with Crippen molar-refractivity contribution in [3.05, 3.63) is 92.5 Å². The predicted octanol–water partition coefficient (Wildman–Crippen LogP) is 4.01. The average Bonchev–Trinajstić information content (AvgIpc) is 2.76. The Morgan fingerprint density at radius 3 is 2.64 bits per heavy atom. The SMILES string of the molecule is [2H]C([2H])(Oc1cc(C)n(-c2cc(C(=O)/C=C/N(C)C)ncc2C)c(=O)c1Cl)c1ncc(F)cc1F. The van der Waals surface area contributed by atoms with Gasteiger partial charge in [-0.25, -0.2) is 8.78 Å². The molecule has 0 aliphatic rings. The molecule has 3 rings (SSSR count). The quantitative estimate of drug-likeness (QED) is 0.379. The molecule has 0 aromatic carbocycles. The summed E-state index contributed by atoms with van der Waals surface area (Å²) in [4.78, 5) is 34.9. The molecule has 0 spiro atoms. The number of hydrogen-bond donors (Lipinski definition) is 0. The lowest BCUT2D eigenvalue weighted by atomic mass is 10.1. The van der Waals surface area contributed by atoms with Gasteiger partial charge in [0.05, 0.1) is 14.6 Å². The summed E-state index contributed by atoms with van der Waals surface area (Å²) in [5.74, 6) is -2.98. The Balaban J connectivity index is 2.05. The molecule has 3 aromatic heterocycles. The molecule has 3 heterocycles. The van der Waals surface area contributed by atoms with Crippen molar-refractivity contribution in [3.8, 4) is 11.4 Å². The van der Waals surface area contributed by atoms with E-state index in [9.17, 15) is 18.4 Å². The number of nitrogens with zero attached hydrogens (tertiary/aromatic N) is 4. The molecule has 0 atom stereocenters. The van der Waals surface area contributed by atoms with Crippen LogP contribution in [0.3, 0.4) is 0 Å². The molecule has 3 aromatic rings. The Hall–Kier alpha value is -3.59. The summed E-state index contributed by atoms with van der Waals surface area (Å²) in [5, 5.41) is -0.487. The van der Waals surface area contributed by atoms with Gasteiger partial charge in [0.25, 0.3) is 5.56 Å². The first-order valence-corrected chi connectivity index (χ1v) is 9.98. The van der Waals surface area contributed by atoms with Crippen molar-refractivity contribution in [1.29, 1.82) is 0 Å². The van der Waals surface area contributed by atoms with Gasteiger partial charge in [0, 0.05) is 50.4 Å². The van der Waals surface area contributed by atoms with Gasteiger partial charge in [0.2, 0.25) is 5.78 Å². The van der Waals surface area contributed by atoms with Gasteiger partial charge in [0.1, 0.15) is 34.5 Å². The molecule has 172 valence electrons. The van der Waals surface area contributed by atoms with Crippen LogP contribution in [0.4, 0.5) is 8.78 Å². The van der Waals surface area contributed by atoms with Crippen molar-refractivity contribution in [2.75, 3.05) is 14.1 Å². The van der Waals surface area contributed by atoms with Crippen molar-refractivity contribution in [1.82, 2.24) is 19.4 Å². The zero-order valence-electron chi connectivity index (χ0n) is 20.2. The molecule has 0 saturated heterocycles. The van der Waals surface area contributed by atoms with E-state index in [1.54, 1.807) is 39.0 Å². The van der Waals surface area contributed by atoms with Gasteiger partial charge in [0.15, 0.2) is 5.82 Å². The molecule has 0 radical (unpaired) electrons. The van der Waals surface area contributed by atoms with E-state index in [2.05, 4.69) is 9.97 Å². The molecule has 0 aliphatic heterocycles. The highest BCUT2D eigenvalue weighted by molar-refractivity contribution is 6.31. The molecule has 0 unspecified atom stereocenters. The van der Waals surface area contributed by atoms with Crippen molar-refractivity contribution in [2.45, 2.75) is 20.4 Å². The number of carbonyl (C=O) groups is 1. The number of aromatic nitrogens is 3. The number of ketones is 1. The summed E-state index contributed by atoms with van der Waals surface area (Å²) in [5.41, 5.74) is -0.278. The highest BCUT2D eigenvalue weighted by Crippen LogP contribution is 2.26. The lowest BCUT2D eigenvalue weighted by Crippen LogP contribution is -2.23. The van der Waals surface area contributed by atoms with E-state index in [0.29, 0.717) is 23.5 Å². The Kier molecular flexibility index (Phi) is 6.39. The van der Waals surface area contributed by atoms with E-state index in [1.807, 2.05) is 0 Å². The van der Waals surface area contributed by atoms with E-state index < -0.39 is 34.5 Å². The van der Waals surface area contributed by atoms with Crippen LogP contribution in [0.5, 0.6) is 5.75 Å². The minimum atomic E-state index is -2.86. The summed E-state index contributed by atoms with van der Waals surface area (Å²) < 4.78 is 49.8. The zero-order valence-corrected chi connectivity index (χ0v) is 18.9. The lowest BCUT2D eigenvalue weighted by molar-refractivity contribution is 0.104. The maximum Gasteiger partial charge on any atom is 0.277 e. The van der Waals surface area contributed by atoms with Gasteiger partial charge in [-0.05, 0) is 25.5 Å².